The monoisotopic (exact) mass is 311 g/mol. The molecule has 6 nitrogen and oxygen atoms in total. The maximum absolute atomic E-state index is 11.4. The molecule has 1 amide bonds. The highest BCUT2D eigenvalue weighted by Crippen LogP contribution is 2.36. The van der Waals surface area contributed by atoms with Crippen molar-refractivity contribution in [2.45, 2.75) is 20.3 Å². The third-order valence-corrected chi connectivity index (χ3v) is 4.20. The molecule has 0 atom stereocenters. The number of carbonyl (C=O) groups is 1. The van der Waals surface area contributed by atoms with Crippen LogP contribution in [0.2, 0.25) is 0 Å². The zero-order valence-corrected chi connectivity index (χ0v) is 13.0. The van der Waals surface area contributed by atoms with Crippen molar-refractivity contribution in [3.8, 4) is 11.3 Å². The Labute approximate surface area is 125 Å². The number of aryl methyl sites for hydroxylation is 1. The third-order valence-electron chi connectivity index (χ3n) is 2.61. The first kappa shape index (κ1) is 14.7. The molecule has 108 valence electrons. The quantitative estimate of drug-likeness (QED) is 0.759. The SMILES string of the molecule is CCNC(=O)CCNc1snc(N)c1-c1csc(C)n1. The molecule has 20 heavy (non-hydrogen) atoms. The summed E-state index contributed by atoms with van der Waals surface area (Å²) in [5.74, 6) is 0.504. The number of nitrogens with one attached hydrogen (secondary N) is 2. The van der Waals surface area contributed by atoms with Gasteiger partial charge in [0.2, 0.25) is 5.91 Å². The van der Waals surface area contributed by atoms with E-state index in [0.29, 0.717) is 25.3 Å². The summed E-state index contributed by atoms with van der Waals surface area (Å²) in [6, 6.07) is 0. The summed E-state index contributed by atoms with van der Waals surface area (Å²) in [6.07, 6.45) is 0.418. The van der Waals surface area contributed by atoms with E-state index in [-0.39, 0.29) is 5.91 Å². The lowest BCUT2D eigenvalue weighted by molar-refractivity contribution is -0.120. The van der Waals surface area contributed by atoms with Gasteiger partial charge in [-0.05, 0) is 25.4 Å². The molecule has 0 aromatic carbocycles. The van der Waals surface area contributed by atoms with E-state index in [2.05, 4.69) is 20.0 Å². The molecular formula is C12H17N5OS2. The van der Waals surface area contributed by atoms with Crippen LogP contribution in [0.15, 0.2) is 5.38 Å². The normalized spacial score (nSPS) is 10.5. The summed E-state index contributed by atoms with van der Waals surface area (Å²) in [5, 5.41) is 9.78. The Hall–Kier alpha value is -1.67. The fourth-order valence-electron chi connectivity index (χ4n) is 1.72. The number of rotatable bonds is 6. The predicted molar refractivity (Wildman–Crippen MR) is 84.2 cm³/mol. The Bertz CT molecular complexity index is 592. The maximum Gasteiger partial charge on any atom is 0.221 e. The van der Waals surface area contributed by atoms with Crippen molar-refractivity contribution in [2.24, 2.45) is 0 Å². The van der Waals surface area contributed by atoms with E-state index in [9.17, 15) is 4.79 Å². The summed E-state index contributed by atoms with van der Waals surface area (Å²) >= 11 is 2.87. The van der Waals surface area contributed by atoms with E-state index in [1.807, 2.05) is 19.2 Å². The number of hydrogen-bond donors (Lipinski definition) is 3. The largest absolute Gasteiger partial charge is 0.382 e. The van der Waals surface area contributed by atoms with Crippen molar-refractivity contribution >= 4 is 39.6 Å². The highest BCUT2D eigenvalue weighted by molar-refractivity contribution is 7.11. The molecule has 0 spiro atoms. The van der Waals surface area contributed by atoms with Crippen molar-refractivity contribution in [2.75, 3.05) is 24.1 Å². The van der Waals surface area contributed by atoms with E-state index in [1.54, 1.807) is 11.3 Å². The number of hydrogen-bond acceptors (Lipinski definition) is 7. The molecular weight excluding hydrogens is 294 g/mol. The van der Waals surface area contributed by atoms with E-state index in [4.69, 9.17) is 5.73 Å². The Balaban J connectivity index is 2.04. The molecule has 2 rings (SSSR count). The molecule has 0 radical (unpaired) electrons. The zero-order chi connectivity index (χ0) is 14.5. The number of aromatic nitrogens is 2. The second kappa shape index (κ2) is 6.67. The second-order valence-corrected chi connectivity index (χ2v) is 5.99. The molecule has 0 saturated carbocycles. The number of nitrogen functional groups attached to an aromatic ring is 1. The molecule has 2 aromatic rings. The summed E-state index contributed by atoms with van der Waals surface area (Å²) in [6.45, 7) is 5.05. The van der Waals surface area contributed by atoms with Gasteiger partial charge in [0.15, 0.2) is 0 Å². The molecule has 0 aliphatic rings. The molecule has 0 fully saturated rings. The fourth-order valence-corrected chi connectivity index (χ4v) is 3.08. The number of anilines is 2. The molecule has 0 unspecified atom stereocenters. The second-order valence-electron chi connectivity index (χ2n) is 4.15. The van der Waals surface area contributed by atoms with Gasteiger partial charge in [-0.25, -0.2) is 4.98 Å². The smallest absolute Gasteiger partial charge is 0.221 e. The van der Waals surface area contributed by atoms with Crippen LogP contribution in [-0.4, -0.2) is 28.4 Å². The van der Waals surface area contributed by atoms with Crippen LogP contribution in [0.25, 0.3) is 11.3 Å². The van der Waals surface area contributed by atoms with Crippen molar-refractivity contribution < 1.29 is 4.79 Å². The van der Waals surface area contributed by atoms with E-state index < -0.39 is 0 Å². The van der Waals surface area contributed by atoms with Crippen LogP contribution in [0.5, 0.6) is 0 Å². The topological polar surface area (TPSA) is 92.9 Å². The molecule has 0 aliphatic carbocycles. The summed E-state index contributed by atoms with van der Waals surface area (Å²) in [4.78, 5) is 15.8. The van der Waals surface area contributed by atoms with Gasteiger partial charge in [0.1, 0.15) is 10.8 Å². The fraction of sp³-hybridized carbons (Fsp3) is 0.417. The van der Waals surface area contributed by atoms with Crippen molar-refractivity contribution in [1.29, 1.82) is 0 Å². The van der Waals surface area contributed by atoms with Gasteiger partial charge in [0.05, 0.1) is 16.3 Å². The van der Waals surface area contributed by atoms with Crippen molar-refractivity contribution in [1.82, 2.24) is 14.7 Å². The van der Waals surface area contributed by atoms with Crippen molar-refractivity contribution in [3.63, 3.8) is 0 Å². The van der Waals surface area contributed by atoms with Gasteiger partial charge in [-0.15, -0.1) is 11.3 Å². The first-order valence-electron chi connectivity index (χ1n) is 6.30. The predicted octanol–water partition coefficient (Wildman–Crippen LogP) is 2.10. The summed E-state index contributed by atoms with van der Waals surface area (Å²) < 4.78 is 4.16. The first-order valence-corrected chi connectivity index (χ1v) is 7.95. The van der Waals surface area contributed by atoms with Crippen LogP contribution in [0.3, 0.4) is 0 Å². The van der Waals surface area contributed by atoms with Crippen LogP contribution in [0.4, 0.5) is 10.8 Å². The molecule has 2 heterocycles. The van der Waals surface area contributed by atoms with Gasteiger partial charge >= 0.3 is 0 Å². The van der Waals surface area contributed by atoms with Gasteiger partial charge in [0, 0.05) is 24.9 Å². The highest BCUT2D eigenvalue weighted by Gasteiger charge is 2.16. The van der Waals surface area contributed by atoms with Crippen LogP contribution in [0.1, 0.15) is 18.4 Å². The number of thiazole rings is 1. The van der Waals surface area contributed by atoms with E-state index in [1.165, 1.54) is 11.5 Å². The van der Waals surface area contributed by atoms with Gasteiger partial charge in [-0.2, -0.15) is 4.37 Å². The van der Waals surface area contributed by atoms with Crippen LogP contribution in [0, 0.1) is 6.92 Å². The minimum atomic E-state index is 0.0311. The number of carbonyl (C=O) groups excluding carboxylic acids is 1. The van der Waals surface area contributed by atoms with E-state index in [0.717, 1.165) is 21.3 Å². The van der Waals surface area contributed by atoms with Gasteiger partial charge in [-0.1, -0.05) is 0 Å². The lowest BCUT2D eigenvalue weighted by Crippen LogP contribution is -2.24. The maximum atomic E-state index is 11.4. The standard InChI is InChI=1S/C12H17N5OS2/c1-3-14-9(18)4-5-15-12-10(11(13)17-20-12)8-6-19-7(2)16-8/h6,15H,3-5H2,1-2H3,(H2,13,17)(H,14,18). The highest BCUT2D eigenvalue weighted by atomic mass is 32.1. The van der Waals surface area contributed by atoms with Crippen LogP contribution in [-0.2, 0) is 4.79 Å². The number of nitrogens with zero attached hydrogens (tertiary/aromatic N) is 2. The molecule has 4 N–H and O–H groups in total. The molecule has 8 heteroatoms. The third kappa shape index (κ3) is 3.45. The van der Waals surface area contributed by atoms with Gasteiger partial charge in [-0.3, -0.25) is 4.79 Å². The Morgan fingerprint density at radius 1 is 1.50 bits per heavy atom. The zero-order valence-electron chi connectivity index (χ0n) is 11.4. The number of nitrogens with two attached hydrogens (primary N) is 1. The Morgan fingerprint density at radius 3 is 2.95 bits per heavy atom. The number of amides is 1. The van der Waals surface area contributed by atoms with Gasteiger partial charge in [0.25, 0.3) is 0 Å². The Kier molecular flexibility index (Phi) is 4.91. The average Bonchev–Trinajstić information content (AvgIpc) is 2.96. The molecule has 0 bridgehead atoms. The average molecular weight is 311 g/mol. The van der Waals surface area contributed by atoms with E-state index >= 15 is 0 Å². The minimum Gasteiger partial charge on any atom is -0.382 e. The molecule has 2 aromatic heterocycles. The molecule has 0 aliphatic heterocycles. The first-order chi connectivity index (χ1) is 9.61. The lowest BCUT2D eigenvalue weighted by Gasteiger charge is -2.05. The summed E-state index contributed by atoms with van der Waals surface area (Å²) in [5.41, 5.74) is 7.57. The minimum absolute atomic E-state index is 0.0311. The van der Waals surface area contributed by atoms with Crippen LogP contribution < -0.4 is 16.4 Å². The summed E-state index contributed by atoms with van der Waals surface area (Å²) in [7, 11) is 0. The van der Waals surface area contributed by atoms with Crippen LogP contribution >= 0.6 is 22.9 Å². The lowest BCUT2D eigenvalue weighted by atomic mass is 10.2. The molecule has 0 saturated heterocycles. The van der Waals surface area contributed by atoms with Crippen molar-refractivity contribution in [3.05, 3.63) is 10.4 Å². The van der Waals surface area contributed by atoms with Gasteiger partial charge < -0.3 is 16.4 Å². The Morgan fingerprint density at radius 2 is 2.30 bits per heavy atom.